The largest absolute Gasteiger partial charge is 0.497 e. The minimum Gasteiger partial charge on any atom is -0.497 e. The molecule has 1 aliphatic heterocycles. The summed E-state index contributed by atoms with van der Waals surface area (Å²) in [6.45, 7) is 1.49. The van der Waals surface area contributed by atoms with E-state index in [1.54, 1.807) is 7.11 Å². The van der Waals surface area contributed by atoms with Crippen LogP contribution in [0.4, 0.5) is 23.8 Å². The van der Waals surface area contributed by atoms with Crippen molar-refractivity contribution in [1.82, 2.24) is 15.6 Å². The fraction of sp³-hybridized carbons (Fsp3) is 0.368. The van der Waals surface area contributed by atoms with Crippen molar-refractivity contribution in [2.75, 3.05) is 25.1 Å². The number of anilines is 1. The smallest absolute Gasteiger partial charge is 0.417 e. The van der Waals surface area contributed by atoms with Crippen LogP contribution in [0.5, 0.6) is 5.75 Å². The van der Waals surface area contributed by atoms with Gasteiger partial charge in [-0.05, 0) is 36.2 Å². The number of nitrogens with zero attached hydrogens (tertiary/aromatic N) is 2. The van der Waals surface area contributed by atoms with Gasteiger partial charge in [-0.25, -0.2) is 9.78 Å². The lowest BCUT2D eigenvalue weighted by molar-refractivity contribution is -0.137. The summed E-state index contributed by atoms with van der Waals surface area (Å²) in [5.74, 6) is 1.21. The maximum Gasteiger partial charge on any atom is 0.417 e. The lowest BCUT2D eigenvalue weighted by Crippen LogP contribution is -2.43. The van der Waals surface area contributed by atoms with E-state index in [0.29, 0.717) is 31.9 Å². The number of benzene rings is 1. The Labute approximate surface area is 160 Å². The Morgan fingerprint density at radius 1 is 1.25 bits per heavy atom. The summed E-state index contributed by atoms with van der Waals surface area (Å²) in [5, 5.41) is 5.67. The zero-order valence-corrected chi connectivity index (χ0v) is 15.3. The SMILES string of the molecule is COc1ccc(CNC(=O)NC2CCN(c3ccc(C(F)(F)F)cn3)C2)cc1. The van der Waals surface area contributed by atoms with Crippen LogP contribution in [0.25, 0.3) is 0 Å². The average Bonchev–Trinajstić information content (AvgIpc) is 3.14. The molecule has 0 spiro atoms. The van der Waals surface area contributed by atoms with E-state index in [1.807, 2.05) is 29.2 Å². The van der Waals surface area contributed by atoms with Crippen LogP contribution in [0.15, 0.2) is 42.6 Å². The van der Waals surface area contributed by atoms with E-state index >= 15 is 0 Å². The van der Waals surface area contributed by atoms with Crippen LogP contribution in [-0.4, -0.2) is 37.3 Å². The number of halogens is 3. The number of nitrogens with one attached hydrogen (secondary N) is 2. The van der Waals surface area contributed by atoms with Crippen molar-refractivity contribution in [3.8, 4) is 5.75 Å². The number of carbonyl (C=O) groups excluding carboxylic acids is 1. The molecule has 2 aromatic rings. The van der Waals surface area contributed by atoms with Crippen molar-refractivity contribution in [3.05, 3.63) is 53.7 Å². The molecule has 3 rings (SSSR count). The molecule has 2 amide bonds. The van der Waals surface area contributed by atoms with E-state index in [1.165, 1.54) is 6.07 Å². The van der Waals surface area contributed by atoms with Gasteiger partial charge in [-0.1, -0.05) is 12.1 Å². The second-order valence-electron chi connectivity index (χ2n) is 6.51. The molecule has 9 heteroatoms. The van der Waals surface area contributed by atoms with Gasteiger partial charge in [-0.3, -0.25) is 0 Å². The van der Waals surface area contributed by atoms with Crippen LogP contribution >= 0.6 is 0 Å². The van der Waals surface area contributed by atoms with Gasteiger partial charge in [-0.15, -0.1) is 0 Å². The Morgan fingerprint density at radius 2 is 2.00 bits per heavy atom. The highest BCUT2D eigenvalue weighted by Crippen LogP contribution is 2.29. The molecule has 2 N–H and O–H groups in total. The molecule has 0 saturated carbocycles. The highest BCUT2D eigenvalue weighted by molar-refractivity contribution is 5.74. The summed E-state index contributed by atoms with van der Waals surface area (Å²) >= 11 is 0. The third kappa shape index (κ3) is 5.05. The Balaban J connectivity index is 1.46. The van der Waals surface area contributed by atoms with E-state index in [9.17, 15) is 18.0 Å². The van der Waals surface area contributed by atoms with E-state index < -0.39 is 11.7 Å². The van der Waals surface area contributed by atoms with Gasteiger partial charge in [0, 0.05) is 31.9 Å². The number of carbonyl (C=O) groups is 1. The number of urea groups is 1. The highest BCUT2D eigenvalue weighted by atomic mass is 19.4. The maximum atomic E-state index is 12.6. The molecule has 1 atom stereocenters. The highest BCUT2D eigenvalue weighted by Gasteiger charge is 2.31. The molecular weight excluding hydrogens is 373 g/mol. The standard InChI is InChI=1S/C19H21F3N4O2/c1-28-16-5-2-13(3-6-16)10-24-18(27)25-15-8-9-26(12-15)17-7-4-14(11-23-17)19(20,21)22/h2-7,11,15H,8-10,12H2,1H3,(H2,24,25,27). The Hall–Kier alpha value is -2.97. The van der Waals surface area contributed by atoms with Gasteiger partial charge < -0.3 is 20.3 Å². The van der Waals surface area contributed by atoms with Crippen molar-refractivity contribution in [2.24, 2.45) is 0 Å². The molecule has 28 heavy (non-hydrogen) atoms. The maximum absolute atomic E-state index is 12.6. The van der Waals surface area contributed by atoms with Gasteiger partial charge in [0.05, 0.1) is 12.7 Å². The zero-order chi connectivity index (χ0) is 20.1. The normalized spacial score (nSPS) is 16.7. The predicted molar refractivity (Wildman–Crippen MR) is 98.2 cm³/mol. The first-order chi connectivity index (χ1) is 13.3. The molecule has 6 nitrogen and oxygen atoms in total. The first-order valence-corrected chi connectivity index (χ1v) is 8.80. The second-order valence-corrected chi connectivity index (χ2v) is 6.51. The van der Waals surface area contributed by atoms with E-state index in [0.717, 1.165) is 23.6 Å². The molecular formula is C19H21F3N4O2. The fourth-order valence-electron chi connectivity index (χ4n) is 2.99. The van der Waals surface area contributed by atoms with E-state index in [2.05, 4.69) is 15.6 Å². The van der Waals surface area contributed by atoms with Crippen molar-refractivity contribution in [3.63, 3.8) is 0 Å². The summed E-state index contributed by atoms with van der Waals surface area (Å²) in [6, 6.07) is 9.36. The molecule has 1 aromatic carbocycles. The molecule has 1 unspecified atom stereocenters. The van der Waals surface area contributed by atoms with Gasteiger partial charge >= 0.3 is 12.2 Å². The Morgan fingerprint density at radius 3 is 2.61 bits per heavy atom. The lowest BCUT2D eigenvalue weighted by atomic mass is 10.2. The summed E-state index contributed by atoms with van der Waals surface area (Å²) in [7, 11) is 1.59. The number of methoxy groups -OCH3 is 1. The van der Waals surface area contributed by atoms with Gasteiger partial charge in [0.15, 0.2) is 0 Å². The van der Waals surface area contributed by atoms with E-state index in [-0.39, 0.29) is 12.1 Å². The van der Waals surface area contributed by atoms with E-state index in [4.69, 9.17) is 4.74 Å². The molecule has 1 saturated heterocycles. The lowest BCUT2D eigenvalue weighted by Gasteiger charge is -2.18. The molecule has 1 aromatic heterocycles. The monoisotopic (exact) mass is 394 g/mol. The molecule has 1 fully saturated rings. The number of hydrogen-bond acceptors (Lipinski definition) is 4. The molecule has 0 aliphatic carbocycles. The molecule has 0 bridgehead atoms. The third-order valence-electron chi connectivity index (χ3n) is 4.53. The zero-order valence-electron chi connectivity index (χ0n) is 15.3. The summed E-state index contributed by atoms with van der Waals surface area (Å²) < 4.78 is 43.0. The predicted octanol–water partition coefficient (Wildman–Crippen LogP) is 3.19. The number of ether oxygens (including phenoxy) is 1. The minimum absolute atomic E-state index is 0.0973. The quantitative estimate of drug-likeness (QED) is 0.818. The number of aromatic nitrogens is 1. The number of pyridine rings is 1. The van der Waals surface area contributed by atoms with Crippen molar-refractivity contribution in [2.45, 2.75) is 25.2 Å². The summed E-state index contributed by atoms with van der Waals surface area (Å²) in [6.07, 6.45) is -2.88. The first-order valence-electron chi connectivity index (χ1n) is 8.80. The number of rotatable bonds is 5. The van der Waals surface area contributed by atoms with Gasteiger partial charge in [-0.2, -0.15) is 13.2 Å². The third-order valence-corrected chi connectivity index (χ3v) is 4.53. The fourth-order valence-corrected chi connectivity index (χ4v) is 2.99. The number of hydrogen-bond donors (Lipinski definition) is 2. The van der Waals surface area contributed by atoms with Crippen LogP contribution in [0.1, 0.15) is 17.5 Å². The minimum atomic E-state index is -4.40. The summed E-state index contributed by atoms with van der Waals surface area (Å²) in [4.78, 5) is 17.8. The number of alkyl halides is 3. The molecule has 1 aliphatic rings. The second kappa shape index (κ2) is 8.37. The van der Waals surface area contributed by atoms with Gasteiger partial charge in [0.2, 0.25) is 0 Å². The molecule has 150 valence electrons. The molecule has 2 heterocycles. The van der Waals surface area contributed by atoms with Crippen LogP contribution in [0.2, 0.25) is 0 Å². The summed E-state index contributed by atoms with van der Waals surface area (Å²) in [5.41, 5.74) is 0.168. The first kappa shape index (κ1) is 19.8. The van der Waals surface area contributed by atoms with Crippen LogP contribution < -0.4 is 20.3 Å². The van der Waals surface area contributed by atoms with Gasteiger partial charge in [0.25, 0.3) is 0 Å². The Kier molecular flexibility index (Phi) is 5.91. The molecule has 0 radical (unpaired) electrons. The van der Waals surface area contributed by atoms with Crippen LogP contribution in [-0.2, 0) is 12.7 Å². The van der Waals surface area contributed by atoms with Gasteiger partial charge in [0.1, 0.15) is 11.6 Å². The van der Waals surface area contributed by atoms with Crippen LogP contribution in [0.3, 0.4) is 0 Å². The average molecular weight is 394 g/mol. The van der Waals surface area contributed by atoms with Crippen molar-refractivity contribution < 1.29 is 22.7 Å². The topological polar surface area (TPSA) is 66.5 Å². The van der Waals surface area contributed by atoms with Crippen molar-refractivity contribution in [1.29, 1.82) is 0 Å². The number of amides is 2. The van der Waals surface area contributed by atoms with Crippen LogP contribution in [0, 0.1) is 0 Å². The van der Waals surface area contributed by atoms with Crippen molar-refractivity contribution >= 4 is 11.8 Å². The Bertz CT molecular complexity index is 794.